The number of non-ortho nitro benzene ring substituents is 1. The first-order chi connectivity index (χ1) is 17.0. The van der Waals surface area contributed by atoms with Gasteiger partial charge >= 0.3 is 0 Å². The third-order valence-electron chi connectivity index (χ3n) is 6.51. The molecule has 1 aliphatic heterocycles. The average Bonchev–Trinajstić information content (AvgIpc) is 3.08. The molecule has 0 unspecified atom stereocenters. The molecule has 9 nitrogen and oxygen atoms in total. The number of alkyl halides is 2. The maximum Gasteiger partial charge on any atom is 0.273 e. The molecule has 1 saturated heterocycles. The minimum Gasteiger partial charge on any atom is -0.292 e. The van der Waals surface area contributed by atoms with Crippen LogP contribution in [0.15, 0.2) is 48.5 Å². The van der Waals surface area contributed by atoms with Crippen molar-refractivity contribution in [3.8, 4) is 0 Å². The third-order valence-corrected chi connectivity index (χ3v) is 9.50. The predicted octanol–water partition coefficient (Wildman–Crippen LogP) is 4.80. The van der Waals surface area contributed by atoms with Gasteiger partial charge < -0.3 is 0 Å². The van der Waals surface area contributed by atoms with Crippen LogP contribution in [-0.2, 0) is 9.59 Å². The summed E-state index contributed by atoms with van der Waals surface area (Å²) in [5, 5.41) is 13.1. The van der Waals surface area contributed by atoms with E-state index in [1.165, 1.54) is 43.3 Å². The van der Waals surface area contributed by atoms with Crippen LogP contribution in [0, 0.1) is 22.0 Å². The van der Waals surface area contributed by atoms with E-state index in [9.17, 15) is 29.3 Å². The number of Topliss-reactive ketones (excluding diaryl/α,β-unsaturated/α-hetero) is 1. The number of rotatable bonds is 6. The summed E-state index contributed by atoms with van der Waals surface area (Å²) in [4.78, 5) is 64.4. The SMILES string of the molecule is C[C@H](C(=O)c1ccc(Cl)cc1)N(C(=O)c1ccc([N+](=O)[O-])cc1)N1C(=O)[C@@H]2C[C@H](Br)[C@@H](Br)C[C@H]2C1=O. The second-order valence-corrected chi connectivity index (χ2v) is 11.5. The number of carbonyl (C=O) groups is 4. The summed E-state index contributed by atoms with van der Waals surface area (Å²) in [6.45, 7) is 1.43. The van der Waals surface area contributed by atoms with Crippen molar-refractivity contribution in [1.29, 1.82) is 0 Å². The highest BCUT2D eigenvalue weighted by Crippen LogP contribution is 2.44. The summed E-state index contributed by atoms with van der Waals surface area (Å²) in [6.07, 6.45) is 0.779. The summed E-state index contributed by atoms with van der Waals surface area (Å²) in [7, 11) is 0. The van der Waals surface area contributed by atoms with Crippen LogP contribution in [0.25, 0.3) is 0 Å². The maximum absolute atomic E-state index is 13.7. The molecule has 2 aromatic carbocycles. The molecule has 0 bridgehead atoms. The van der Waals surface area contributed by atoms with Crippen LogP contribution in [0.5, 0.6) is 0 Å². The van der Waals surface area contributed by atoms with E-state index in [1.807, 2.05) is 0 Å². The van der Waals surface area contributed by atoms with E-state index in [4.69, 9.17) is 11.6 Å². The number of benzene rings is 2. The van der Waals surface area contributed by atoms with Crippen molar-refractivity contribution >= 4 is 72.7 Å². The third kappa shape index (κ3) is 4.83. The van der Waals surface area contributed by atoms with Gasteiger partial charge in [-0.15, -0.1) is 0 Å². The molecule has 4 rings (SSSR count). The molecule has 0 aromatic heterocycles. The van der Waals surface area contributed by atoms with Gasteiger partial charge in [0.15, 0.2) is 5.78 Å². The van der Waals surface area contributed by atoms with Crippen molar-refractivity contribution in [2.24, 2.45) is 11.8 Å². The molecule has 1 aliphatic carbocycles. The Bertz CT molecular complexity index is 1210. The summed E-state index contributed by atoms with van der Waals surface area (Å²) >= 11 is 13.0. The smallest absolute Gasteiger partial charge is 0.273 e. The molecule has 3 amide bonds. The monoisotopic (exact) mass is 639 g/mol. The van der Waals surface area contributed by atoms with Gasteiger partial charge in [-0.25, -0.2) is 5.01 Å². The molecule has 0 N–H and O–H groups in total. The predicted molar refractivity (Wildman–Crippen MR) is 138 cm³/mol. The Morgan fingerprint density at radius 3 is 1.92 bits per heavy atom. The summed E-state index contributed by atoms with van der Waals surface area (Å²) < 4.78 is 0. The number of nitrogens with zero attached hydrogens (tertiary/aromatic N) is 3. The fourth-order valence-electron chi connectivity index (χ4n) is 4.55. The lowest BCUT2D eigenvalue weighted by atomic mass is 9.81. The molecule has 12 heteroatoms. The van der Waals surface area contributed by atoms with Gasteiger partial charge in [-0.1, -0.05) is 43.5 Å². The van der Waals surface area contributed by atoms with E-state index in [-0.39, 0.29) is 26.5 Å². The van der Waals surface area contributed by atoms with E-state index in [2.05, 4.69) is 31.9 Å². The molecule has 2 aliphatic rings. The first kappa shape index (κ1) is 26.4. The molecule has 0 radical (unpaired) electrons. The Morgan fingerprint density at radius 2 is 1.44 bits per heavy atom. The Morgan fingerprint density at radius 1 is 0.972 bits per heavy atom. The van der Waals surface area contributed by atoms with E-state index < -0.39 is 46.3 Å². The van der Waals surface area contributed by atoms with Gasteiger partial charge in [-0.3, -0.25) is 29.3 Å². The fourth-order valence-corrected chi connectivity index (χ4v) is 5.92. The van der Waals surface area contributed by atoms with Crippen molar-refractivity contribution in [3.63, 3.8) is 0 Å². The lowest BCUT2D eigenvalue weighted by Gasteiger charge is -2.34. The van der Waals surface area contributed by atoms with Gasteiger partial charge in [0.25, 0.3) is 23.4 Å². The quantitative estimate of drug-likeness (QED) is 0.147. The molecule has 188 valence electrons. The average molecular weight is 642 g/mol. The minimum atomic E-state index is -1.23. The summed E-state index contributed by atoms with van der Waals surface area (Å²) in [5.74, 6) is -3.69. The number of carbonyl (C=O) groups excluding carboxylic acids is 4. The molecule has 2 fully saturated rings. The van der Waals surface area contributed by atoms with Crippen LogP contribution in [0.1, 0.15) is 40.5 Å². The largest absolute Gasteiger partial charge is 0.292 e. The first-order valence-corrected chi connectivity index (χ1v) is 13.3. The van der Waals surface area contributed by atoms with Gasteiger partial charge in [0, 0.05) is 37.9 Å². The topological polar surface area (TPSA) is 118 Å². The highest BCUT2D eigenvalue weighted by molar-refractivity contribution is 9.12. The van der Waals surface area contributed by atoms with Gasteiger partial charge in [-0.2, -0.15) is 5.01 Å². The van der Waals surface area contributed by atoms with E-state index in [1.54, 1.807) is 0 Å². The standard InChI is InChI=1S/C24H20Br2ClN3O6/c1-12(21(31)13-2-6-15(27)7-3-13)28(22(32)14-4-8-16(9-5-14)30(35)36)29-23(33)17-10-19(25)20(26)11-18(17)24(29)34/h2-9,12,17-20H,10-11H2,1H3/t12-,17-,18-,19+,20+/m1/s1. The Labute approximate surface area is 228 Å². The lowest BCUT2D eigenvalue weighted by molar-refractivity contribution is -0.384. The molecular weight excluding hydrogens is 622 g/mol. The Hall–Kier alpha value is -2.63. The second kappa shape index (κ2) is 10.4. The van der Waals surface area contributed by atoms with Crippen LogP contribution >= 0.6 is 43.5 Å². The normalized spacial score (nSPS) is 24.3. The molecule has 0 spiro atoms. The number of hydrazine groups is 1. The number of nitro groups is 1. The number of ketones is 1. The number of hydrogen-bond donors (Lipinski definition) is 0. The van der Waals surface area contributed by atoms with Gasteiger partial charge in [0.2, 0.25) is 0 Å². The van der Waals surface area contributed by atoms with Crippen LogP contribution in [0.3, 0.4) is 0 Å². The van der Waals surface area contributed by atoms with Crippen LogP contribution in [0.2, 0.25) is 5.02 Å². The number of imide groups is 1. The molecule has 5 atom stereocenters. The highest BCUT2D eigenvalue weighted by atomic mass is 79.9. The molecule has 1 saturated carbocycles. The Kier molecular flexibility index (Phi) is 7.63. The van der Waals surface area contributed by atoms with Crippen molar-refractivity contribution < 1.29 is 24.1 Å². The van der Waals surface area contributed by atoms with Gasteiger partial charge in [0.1, 0.15) is 6.04 Å². The molecular formula is C24H20Br2ClN3O6. The van der Waals surface area contributed by atoms with Gasteiger partial charge in [0.05, 0.1) is 16.8 Å². The van der Waals surface area contributed by atoms with Crippen molar-refractivity contribution in [1.82, 2.24) is 10.0 Å². The van der Waals surface area contributed by atoms with Crippen LogP contribution in [0.4, 0.5) is 5.69 Å². The molecule has 1 heterocycles. The summed E-state index contributed by atoms with van der Waals surface area (Å²) in [6, 6.07) is 9.56. The fraction of sp³-hybridized carbons (Fsp3) is 0.333. The lowest BCUT2D eigenvalue weighted by Crippen LogP contribution is -2.56. The number of fused-ring (bicyclic) bond motifs is 1. The van der Waals surface area contributed by atoms with E-state index in [0.29, 0.717) is 17.9 Å². The van der Waals surface area contributed by atoms with Crippen molar-refractivity contribution in [2.45, 2.75) is 35.5 Å². The zero-order chi connectivity index (χ0) is 26.3. The number of halogens is 3. The highest BCUT2D eigenvalue weighted by Gasteiger charge is 2.55. The van der Waals surface area contributed by atoms with Crippen molar-refractivity contribution in [3.05, 3.63) is 74.8 Å². The number of amides is 3. The Balaban J connectivity index is 1.74. The first-order valence-electron chi connectivity index (χ1n) is 11.0. The van der Waals surface area contributed by atoms with Gasteiger partial charge in [-0.05, 0) is 56.2 Å². The van der Waals surface area contributed by atoms with E-state index in [0.717, 1.165) is 22.2 Å². The zero-order valence-electron chi connectivity index (χ0n) is 18.8. The van der Waals surface area contributed by atoms with E-state index >= 15 is 0 Å². The maximum atomic E-state index is 13.7. The molecule has 2 aromatic rings. The van der Waals surface area contributed by atoms with Crippen LogP contribution < -0.4 is 0 Å². The second-order valence-electron chi connectivity index (χ2n) is 8.71. The molecule has 36 heavy (non-hydrogen) atoms. The zero-order valence-corrected chi connectivity index (χ0v) is 22.8. The van der Waals surface area contributed by atoms with Crippen LogP contribution in [-0.4, -0.2) is 54.1 Å². The number of nitro benzene ring substituents is 1. The number of hydrogen-bond acceptors (Lipinski definition) is 6. The summed E-state index contributed by atoms with van der Waals surface area (Å²) in [5.41, 5.74) is 0.00368. The van der Waals surface area contributed by atoms with Crippen molar-refractivity contribution in [2.75, 3.05) is 0 Å². The minimum absolute atomic E-state index is 0.0106.